The molecule has 104 valence electrons. The van der Waals surface area contributed by atoms with Gasteiger partial charge in [0, 0.05) is 26.5 Å². The van der Waals surface area contributed by atoms with E-state index in [2.05, 4.69) is 31.8 Å². The molecule has 20 heavy (non-hydrogen) atoms. The van der Waals surface area contributed by atoms with E-state index < -0.39 is 0 Å². The predicted octanol–water partition coefficient (Wildman–Crippen LogP) is 4.42. The van der Waals surface area contributed by atoms with Gasteiger partial charge in [0.05, 0.1) is 0 Å². The first-order valence-corrected chi connectivity index (χ1v) is 6.86. The van der Waals surface area contributed by atoms with E-state index in [1.807, 2.05) is 0 Å². The Kier molecular flexibility index (Phi) is 6.05. The summed E-state index contributed by atoms with van der Waals surface area (Å²) >= 11 is 8.77. The number of hydrogen-bond donors (Lipinski definition) is 2. The quantitative estimate of drug-likeness (QED) is 0.479. The Morgan fingerprint density at radius 3 is 1.90 bits per heavy atom. The standard InChI is InChI=1S/C16H16O2S2/c1-4-5-6-7-8-12-15(19)13(10(2)17)9-14(11(3)18)16(12)20/h4-9,19-20H,1H2,2-3H3. The first-order chi connectivity index (χ1) is 9.40. The van der Waals surface area contributed by atoms with E-state index in [1.165, 1.54) is 13.8 Å². The Morgan fingerprint density at radius 1 is 1.00 bits per heavy atom. The number of rotatable bonds is 5. The molecule has 0 amide bonds. The van der Waals surface area contributed by atoms with Crippen LogP contribution >= 0.6 is 25.3 Å². The van der Waals surface area contributed by atoms with Crippen LogP contribution in [0.3, 0.4) is 0 Å². The first-order valence-electron chi connectivity index (χ1n) is 5.96. The molecular weight excluding hydrogens is 288 g/mol. The van der Waals surface area contributed by atoms with Gasteiger partial charge in [-0.1, -0.05) is 37.0 Å². The van der Waals surface area contributed by atoms with Crippen molar-refractivity contribution in [2.75, 3.05) is 0 Å². The molecule has 0 heterocycles. The highest BCUT2D eigenvalue weighted by Gasteiger charge is 2.16. The van der Waals surface area contributed by atoms with Gasteiger partial charge in [-0.15, -0.1) is 25.3 Å². The summed E-state index contributed by atoms with van der Waals surface area (Å²) in [6, 6.07) is 1.55. The molecule has 0 aromatic heterocycles. The van der Waals surface area contributed by atoms with E-state index in [0.29, 0.717) is 26.5 Å². The van der Waals surface area contributed by atoms with Crippen LogP contribution < -0.4 is 0 Å². The van der Waals surface area contributed by atoms with Gasteiger partial charge in [0.1, 0.15) is 0 Å². The van der Waals surface area contributed by atoms with E-state index in [0.717, 1.165) is 0 Å². The van der Waals surface area contributed by atoms with E-state index in [9.17, 15) is 9.59 Å². The number of hydrogen-bond acceptors (Lipinski definition) is 4. The van der Waals surface area contributed by atoms with Crippen molar-refractivity contribution in [3.63, 3.8) is 0 Å². The van der Waals surface area contributed by atoms with Crippen LogP contribution in [0.25, 0.3) is 6.08 Å². The molecule has 0 saturated carbocycles. The van der Waals surface area contributed by atoms with Gasteiger partial charge < -0.3 is 0 Å². The molecule has 0 bridgehead atoms. The first kappa shape index (κ1) is 16.5. The van der Waals surface area contributed by atoms with Gasteiger partial charge in [-0.05, 0) is 19.9 Å². The van der Waals surface area contributed by atoms with Gasteiger partial charge in [-0.3, -0.25) is 9.59 Å². The van der Waals surface area contributed by atoms with Crippen LogP contribution in [0.4, 0.5) is 0 Å². The van der Waals surface area contributed by atoms with Crippen molar-refractivity contribution in [1.82, 2.24) is 0 Å². The second kappa shape index (κ2) is 7.31. The minimum Gasteiger partial charge on any atom is -0.294 e. The summed E-state index contributed by atoms with van der Waals surface area (Å²) in [4.78, 5) is 24.3. The minimum absolute atomic E-state index is 0.137. The third-order valence-corrected chi connectivity index (χ3v) is 3.65. The third kappa shape index (κ3) is 3.74. The molecule has 1 rings (SSSR count). The van der Waals surface area contributed by atoms with Crippen molar-refractivity contribution in [3.05, 3.63) is 53.6 Å². The molecule has 0 fully saturated rings. The Hall–Kier alpha value is -1.52. The SMILES string of the molecule is C=CC=CC=Cc1c(S)c(C(C)=O)cc(C(C)=O)c1S. The largest absolute Gasteiger partial charge is 0.294 e. The maximum atomic E-state index is 11.6. The van der Waals surface area contributed by atoms with Crippen LogP contribution in [0, 0.1) is 0 Å². The summed E-state index contributed by atoms with van der Waals surface area (Å²) in [6.07, 6.45) is 8.77. The lowest BCUT2D eigenvalue weighted by molar-refractivity contribution is 0.101. The summed E-state index contributed by atoms with van der Waals surface area (Å²) in [5, 5.41) is 0. The second-order valence-corrected chi connectivity index (χ2v) is 5.07. The number of thiol groups is 2. The van der Waals surface area contributed by atoms with E-state index in [4.69, 9.17) is 0 Å². The zero-order chi connectivity index (χ0) is 15.3. The Balaban J connectivity index is 3.51. The average Bonchev–Trinajstić information content (AvgIpc) is 2.37. The van der Waals surface area contributed by atoms with Crippen LogP contribution in [0.15, 0.2) is 46.7 Å². The molecule has 0 spiro atoms. The summed E-state index contributed by atoms with van der Waals surface area (Å²) in [5.41, 5.74) is 1.50. The van der Waals surface area contributed by atoms with Crippen LogP contribution in [0.5, 0.6) is 0 Å². The van der Waals surface area contributed by atoms with Crippen molar-refractivity contribution in [1.29, 1.82) is 0 Å². The van der Waals surface area contributed by atoms with Crippen LogP contribution in [0.2, 0.25) is 0 Å². The van der Waals surface area contributed by atoms with Crippen LogP contribution in [-0.2, 0) is 0 Å². The molecular formula is C16H16O2S2. The summed E-state index contributed by atoms with van der Waals surface area (Å²) in [7, 11) is 0. The molecule has 0 aliphatic carbocycles. The Morgan fingerprint density at radius 2 is 1.50 bits per heavy atom. The maximum absolute atomic E-state index is 11.6. The fourth-order valence-electron chi connectivity index (χ4n) is 1.67. The topological polar surface area (TPSA) is 34.1 Å². The number of carbonyl (C=O) groups is 2. The van der Waals surface area contributed by atoms with Crippen molar-refractivity contribution in [2.45, 2.75) is 23.6 Å². The second-order valence-electron chi connectivity index (χ2n) is 4.17. The molecule has 0 aliphatic heterocycles. The molecule has 0 radical (unpaired) electrons. The molecule has 2 nitrogen and oxygen atoms in total. The van der Waals surface area contributed by atoms with Crippen LogP contribution in [0.1, 0.15) is 40.1 Å². The fraction of sp³-hybridized carbons (Fsp3) is 0.125. The summed E-state index contributed by atoms with van der Waals surface area (Å²) < 4.78 is 0. The lowest BCUT2D eigenvalue weighted by Gasteiger charge is -2.12. The van der Waals surface area contributed by atoms with E-state index in [1.54, 1.807) is 36.4 Å². The number of benzene rings is 1. The number of ketones is 2. The Bertz CT molecular complexity index is 588. The lowest BCUT2D eigenvalue weighted by atomic mass is 10.00. The molecule has 0 atom stereocenters. The number of carbonyl (C=O) groups excluding carboxylic acids is 2. The molecule has 1 aromatic rings. The van der Waals surface area contributed by atoms with Crippen molar-refractivity contribution < 1.29 is 9.59 Å². The van der Waals surface area contributed by atoms with Crippen LogP contribution in [-0.4, -0.2) is 11.6 Å². The molecule has 0 unspecified atom stereocenters. The van der Waals surface area contributed by atoms with Crippen molar-refractivity contribution in [2.24, 2.45) is 0 Å². The number of allylic oxidation sites excluding steroid dienone is 4. The predicted molar refractivity (Wildman–Crippen MR) is 89.3 cm³/mol. The molecule has 0 N–H and O–H groups in total. The smallest absolute Gasteiger partial charge is 0.160 e. The normalized spacial score (nSPS) is 11.2. The molecule has 0 aliphatic rings. The molecule has 4 heteroatoms. The van der Waals surface area contributed by atoms with Gasteiger partial charge >= 0.3 is 0 Å². The fourth-order valence-corrected chi connectivity index (χ4v) is 2.58. The van der Waals surface area contributed by atoms with Gasteiger partial charge in [0.15, 0.2) is 11.6 Å². The van der Waals surface area contributed by atoms with Gasteiger partial charge in [0.25, 0.3) is 0 Å². The van der Waals surface area contributed by atoms with Gasteiger partial charge in [-0.2, -0.15) is 0 Å². The highest BCUT2D eigenvalue weighted by atomic mass is 32.1. The lowest BCUT2D eigenvalue weighted by Crippen LogP contribution is -2.04. The van der Waals surface area contributed by atoms with Gasteiger partial charge in [-0.25, -0.2) is 0 Å². The molecule has 0 saturated heterocycles. The highest BCUT2D eigenvalue weighted by Crippen LogP contribution is 2.31. The zero-order valence-electron chi connectivity index (χ0n) is 11.4. The van der Waals surface area contributed by atoms with Gasteiger partial charge in [0.2, 0.25) is 0 Å². The average molecular weight is 304 g/mol. The zero-order valence-corrected chi connectivity index (χ0v) is 13.2. The summed E-state index contributed by atoms with van der Waals surface area (Å²) in [6.45, 7) is 6.47. The maximum Gasteiger partial charge on any atom is 0.160 e. The third-order valence-electron chi connectivity index (χ3n) is 2.69. The Labute approximate surface area is 130 Å². The van der Waals surface area contributed by atoms with Crippen molar-refractivity contribution in [3.8, 4) is 0 Å². The monoisotopic (exact) mass is 304 g/mol. The van der Waals surface area contributed by atoms with E-state index >= 15 is 0 Å². The number of Topliss-reactive ketones (excluding diaryl/α,β-unsaturated/α-hetero) is 2. The van der Waals surface area contributed by atoms with E-state index in [-0.39, 0.29) is 11.6 Å². The minimum atomic E-state index is -0.137. The molecule has 1 aromatic carbocycles. The van der Waals surface area contributed by atoms with Crippen molar-refractivity contribution >= 4 is 42.9 Å². The summed E-state index contributed by atoms with van der Waals surface area (Å²) in [5.74, 6) is -0.274. The highest BCUT2D eigenvalue weighted by molar-refractivity contribution is 7.81.